The number of nitrogens with zero attached hydrogens (tertiary/aromatic N) is 4. The molecule has 3 aliphatic rings. The summed E-state index contributed by atoms with van der Waals surface area (Å²) in [6, 6.07) is 11.7. The Labute approximate surface area is 220 Å². The zero-order chi connectivity index (χ0) is 26.9. The highest BCUT2D eigenvalue weighted by Gasteiger charge is 2.48. The van der Waals surface area contributed by atoms with Crippen molar-refractivity contribution in [3.8, 4) is 17.6 Å². The van der Waals surface area contributed by atoms with Crippen molar-refractivity contribution >= 4 is 23.7 Å². The number of likely N-dealkylation sites (N-methyl/N-ethyl adjacent to an activating group) is 1. The average Bonchev–Trinajstić information content (AvgIpc) is 3.38. The van der Waals surface area contributed by atoms with E-state index < -0.39 is 17.5 Å². The van der Waals surface area contributed by atoms with Gasteiger partial charge in [0, 0.05) is 49.4 Å². The molecule has 0 saturated carbocycles. The van der Waals surface area contributed by atoms with Gasteiger partial charge < -0.3 is 30.0 Å². The Kier molecular flexibility index (Phi) is 6.65. The van der Waals surface area contributed by atoms with E-state index in [-0.39, 0.29) is 19.0 Å². The topological polar surface area (TPSA) is 127 Å². The summed E-state index contributed by atoms with van der Waals surface area (Å²) in [6.45, 7) is 3.42. The lowest BCUT2D eigenvalue weighted by atomic mass is 9.99. The number of oxime groups is 1. The van der Waals surface area contributed by atoms with Gasteiger partial charge in [0.25, 0.3) is 11.8 Å². The van der Waals surface area contributed by atoms with E-state index in [0.717, 1.165) is 37.3 Å². The molecule has 0 spiro atoms. The number of rotatable bonds is 4. The molecular weight excluding hydrogens is 488 g/mol. The standard InChI is InChI=1S/C27H28N6O5/c1-31-11-13-32(14-12-31)23(30-37)19-5-3-18(4-6-19)9-10-27(25(35)28-26(36)29-27)17-33-16-20-7-8-21(38-2)15-22(20)24(33)34/h3-8,15,37H,11-14,16-17H2,1-2H3,(H2,28,29,35,36)/t27-/m1/s1. The van der Waals surface area contributed by atoms with Gasteiger partial charge in [-0.05, 0) is 49.0 Å². The Morgan fingerprint density at radius 3 is 2.47 bits per heavy atom. The molecule has 0 unspecified atom stereocenters. The summed E-state index contributed by atoms with van der Waals surface area (Å²) >= 11 is 0. The van der Waals surface area contributed by atoms with E-state index in [2.05, 4.69) is 39.6 Å². The van der Waals surface area contributed by atoms with Gasteiger partial charge in [0.1, 0.15) is 5.75 Å². The molecule has 2 fully saturated rings. The van der Waals surface area contributed by atoms with Gasteiger partial charge in [0.2, 0.25) is 5.54 Å². The second-order valence-corrected chi connectivity index (χ2v) is 9.54. The number of carbonyl (C=O) groups is 3. The number of methoxy groups -OCH3 is 1. The summed E-state index contributed by atoms with van der Waals surface area (Å²) in [6.07, 6.45) is 0. The van der Waals surface area contributed by atoms with Crippen molar-refractivity contribution in [2.24, 2.45) is 5.16 Å². The molecule has 3 N–H and O–H groups in total. The van der Waals surface area contributed by atoms with Gasteiger partial charge in [-0.25, -0.2) is 4.79 Å². The number of carbonyl (C=O) groups excluding carboxylic acids is 3. The van der Waals surface area contributed by atoms with E-state index in [0.29, 0.717) is 22.7 Å². The van der Waals surface area contributed by atoms with Crippen molar-refractivity contribution in [1.82, 2.24) is 25.3 Å². The predicted octanol–water partition coefficient (Wildman–Crippen LogP) is 0.664. The lowest BCUT2D eigenvalue weighted by molar-refractivity contribution is -0.122. The van der Waals surface area contributed by atoms with E-state index in [1.807, 2.05) is 11.0 Å². The van der Waals surface area contributed by atoms with Gasteiger partial charge in [0.15, 0.2) is 5.84 Å². The minimum absolute atomic E-state index is 0.115. The number of nitrogens with one attached hydrogen (secondary N) is 2. The highest BCUT2D eigenvalue weighted by molar-refractivity contribution is 6.10. The highest BCUT2D eigenvalue weighted by Crippen LogP contribution is 2.28. The van der Waals surface area contributed by atoms with Crippen LogP contribution < -0.4 is 15.4 Å². The number of piperazine rings is 1. The van der Waals surface area contributed by atoms with E-state index >= 15 is 0 Å². The van der Waals surface area contributed by atoms with Crippen molar-refractivity contribution < 1.29 is 24.3 Å². The minimum atomic E-state index is -1.60. The molecule has 196 valence electrons. The fraction of sp³-hybridized carbons (Fsp3) is 0.333. The van der Waals surface area contributed by atoms with Crippen molar-refractivity contribution in [2.45, 2.75) is 12.1 Å². The van der Waals surface area contributed by atoms with Crippen molar-refractivity contribution in [2.75, 3.05) is 46.9 Å². The molecule has 0 aromatic heterocycles. The maximum absolute atomic E-state index is 13.1. The number of urea groups is 1. The molecular formula is C27H28N6O5. The quantitative estimate of drug-likeness (QED) is 0.136. The maximum Gasteiger partial charge on any atom is 0.323 e. The third-order valence-corrected chi connectivity index (χ3v) is 7.03. The van der Waals surface area contributed by atoms with Crippen LogP contribution >= 0.6 is 0 Å². The molecule has 0 aliphatic carbocycles. The third-order valence-electron chi connectivity index (χ3n) is 7.03. The Bertz CT molecular complexity index is 1370. The average molecular weight is 517 g/mol. The molecule has 2 aromatic carbocycles. The summed E-state index contributed by atoms with van der Waals surface area (Å²) in [5.41, 5.74) is 1.03. The molecule has 2 saturated heterocycles. The summed E-state index contributed by atoms with van der Waals surface area (Å²) in [7, 11) is 3.58. The first-order valence-electron chi connectivity index (χ1n) is 12.2. The first-order chi connectivity index (χ1) is 18.3. The first-order valence-corrected chi connectivity index (χ1v) is 12.2. The largest absolute Gasteiger partial charge is 0.497 e. The number of imide groups is 1. The van der Waals surface area contributed by atoms with Gasteiger partial charge in [-0.1, -0.05) is 23.1 Å². The van der Waals surface area contributed by atoms with E-state index in [4.69, 9.17) is 4.74 Å². The first kappa shape index (κ1) is 25.1. The van der Waals surface area contributed by atoms with Crippen LogP contribution in [0.1, 0.15) is 27.0 Å². The normalized spacial score (nSPS) is 21.5. The van der Waals surface area contributed by atoms with E-state index in [1.165, 1.54) is 12.0 Å². The summed E-state index contributed by atoms with van der Waals surface area (Å²) < 4.78 is 5.22. The Balaban J connectivity index is 1.36. The summed E-state index contributed by atoms with van der Waals surface area (Å²) in [5, 5.41) is 18.0. The van der Waals surface area contributed by atoms with Gasteiger partial charge in [0.05, 0.1) is 13.7 Å². The molecule has 0 bridgehead atoms. The molecule has 5 rings (SSSR count). The van der Waals surface area contributed by atoms with Crippen LogP contribution in [0.2, 0.25) is 0 Å². The molecule has 3 heterocycles. The van der Waals surface area contributed by atoms with Gasteiger partial charge in [-0.2, -0.15) is 0 Å². The second kappa shape index (κ2) is 10.1. The number of amides is 4. The van der Waals surface area contributed by atoms with Crippen LogP contribution in [-0.4, -0.2) is 96.0 Å². The molecule has 3 aliphatic heterocycles. The van der Waals surface area contributed by atoms with Crippen LogP contribution in [0.4, 0.5) is 4.79 Å². The fourth-order valence-corrected chi connectivity index (χ4v) is 4.82. The van der Waals surface area contributed by atoms with Crippen LogP contribution in [0.5, 0.6) is 5.75 Å². The highest BCUT2D eigenvalue weighted by atomic mass is 16.5. The number of benzene rings is 2. The van der Waals surface area contributed by atoms with Crippen molar-refractivity contribution in [3.05, 3.63) is 64.7 Å². The molecule has 1 atom stereocenters. The lowest BCUT2D eigenvalue weighted by Crippen LogP contribution is -2.54. The number of ether oxygens (including phenoxy) is 1. The Morgan fingerprint density at radius 1 is 1.11 bits per heavy atom. The fourth-order valence-electron chi connectivity index (χ4n) is 4.82. The summed E-state index contributed by atoms with van der Waals surface area (Å²) in [4.78, 5) is 43.8. The van der Waals surface area contributed by atoms with E-state index in [9.17, 15) is 19.6 Å². The van der Waals surface area contributed by atoms with Crippen LogP contribution in [0, 0.1) is 11.8 Å². The number of amidine groups is 1. The molecule has 4 amide bonds. The van der Waals surface area contributed by atoms with Crippen molar-refractivity contribution in [1.29, 1.82) is 0 Å². The monoisotopic (exact) mass is 516 g/mol. The number of hydrogen-bond acceptors (Lipinski definition) is 7. The van der Waals surface area contributed by atoms with Crippen LogP contribution in [-0.2, 0) is 11.3 Å². The lowest BCUT2D eigenvalue weighted by Gasteiger charge is -2.34. The molecule has 11 heteroatoms. The number of hydrogen-bond donors (Lipinski definition) is 3. The molecule has 0 radical (unpaired) electrons. The minimum Gasteiger partial charge on any atom is -0.497 e. The SMILES string of the molecule is COc1ccc2c(c1)C(=O)N(C[C@@]1(C#Cc3ccc(C(=NO)N4CCN(C)CC4)cc3)NC(=O)NC1=O)C2. The number of fused-ring (bicyclic) bond motifs is 1. The maximum atomic E-state index is 13.1. The predicted molar refractivity (Wildman–Crippen MR) is 138 cm³/mol. The third kappa shape index (κ3) is 4.73. The van der Waals surface area contributed by atoms with Crippen LogP contribution in [0.15, 0.2) is 47.6 Å². The molecule has 11 nitrogen and oxygen atoms in total. The van der Waals surface area contributed by atoms with Gasteiger partial charge >= 0.3 is 6.03 Å². The molecule has 2 aromatic rings. The summed E-state index contributed by atoms with van der Waals surface area (Å²) in [5.74, 6) is 6.05. The Hall–Kier alpha value is -4.56. The smallest absolute Gasteiger partial charge is 0.323 e. The second-order valence-electron chi connectivity index (χ2n) is 9.54. The zero-order valence-corrected chi connectivity index (χ0v) is 21.2. The van der Waals surface area contributed by atoms with Crippen LogP contribution in [0.3, 0.4) is 0 Å². The van der Waals surface area contributed by atoms with Crippen LogP contribution in [0.25, 0.3) is 0 Å². The van der Waals surface area contributed by atoms with Gasteiger partial charge in [-0.15, -0.1) is 0 Å². The molecule has 38 heavy (non-hydrogen) atoms. The van der Waals surface area contributed by atoms with Crippen molar-refractivity contribution in [3.63, 3.8) is 0 Å². The van der Waals surface area contributed by atoms with Gasteiger partial charge in [-0.3, -0.25) is 14.9 Å². The zero-order valence-electron chi connectivity index (χ0n) is 21.2. The Morgan fingerprint density at radius 2 is 1.84 bits per heavy atom. The van der Waals surface area contributed by atoms with E-state index in [1.54, 1.807) is 36.4 Å².